The van der Waals surface area contributed by atoms with E-state index in [4.69, 9.17) is 11.6 Å². The van der Waals surface area contributed by atoms with E-state index in [1.165, 1.54) is 18.2 Å². The third-order valence-electron chi connectivity index (χ3n) is 1.72. The summed E-state index contributed by atoms with van der Waals surface area (Å²) in [5, 5.41) is 0. The van der Waals surface area contributed by atoms with Crippen LogP contribution in [0.3, 0.4) is 0 Å². The molecule has 0 fully saturated rings. The molecule has 1 aromatic carbocycles. The van der Waals surface area contributed by atoms with E-state index in [9.17, 15) is 17.6 Å². The number of hydrogen-bond donors (Lipinski definition) is 0. The van der Waals surface area contributed by atoms with Crippen LogP contribution in [-0.4, -0.2) is 5.88 Å². The topological polar surface area (TPSA) is 0 Å². The predicted octanol–water partition coefficient (Wildman–Crippen LogP) is 4.10. The summed E-state index contributed by atoms with van der Waals surface area (Å²) in [5.74, 6) is -1.20. The fourth-order valence-corrected chi connectivity index (χ4v) is 1.24. The summed E-state index contributed by atoms with van der Waals surface area (Å²) in [6.45, 7) is 0. The lowest BCUT2D eigenvalue weighted by atomic mass is 10.1. The van der Waals surface area contributed by atoms with Crippen LogP contribution in [0.25, 0.3) is 6.08 Å². The Kier molecular flexibility index (Phi) is 3.74. The average Bonchev–Trinajstić information content (AvgIpc) is 2.12. The van der Waals surface area contributed by atoms with Crippen molar-refractivity contribution in [3.05, 3.63) is 41.2 Å². The van der Waals surface area contributed by atoms with E-state index in [-0.39, 0.29) is 11.4 Å². The minimum Gasteiger partial charge on any atom is -0.206 e. The first-order chi connectivity index (χ1) is 6.96. The Morgan fingerprint density at radius 2 is 1.93 bits per heavy atom. The van der Waals surface area contributed by atoms with Gasteiger partial charge in [-0.15, -0.1) is 11.6 Å². The molecule has 0 aliphatic heterocycles. The second-order valence-corrected chi connectivity index (χ2v) is 3.07. The molecule has 0 saturated carbocycles. The summed E-state index contributed by atoms with van der Waals surface area (Å²) in [6.07, 6.45) is -2.22. The molecule has 82 valence electrons. The lowest BCUT2D eigenvalue weighted by molar-refractivity contribution is -0.140. The van der Waals surface area contributed by atoms with Crippen LogP contribution in [0.4, 0.5) is 17.6 Å². The van der Waals surface area contributed by atoms with Gasteiger partial charge in [-0.3, -0.25) is 0 Å². The van der Waals surface area contributed by atoms with E-state index in [1.807, 2.05) is 0 Å². The Bertz CT molecular complexity index is 368. The van der Waals surface area contributed by atoms with Crippen molar-refractivity contribution in [1.29, 1.82) is 0 Å². The molecule has 0 aliphatic rings. The van der Waals surface area contributed by atoms with Gasteiger partial charge in [0.25, 0.3) is 0 Å². The molecule has 5 heteroatoms. The molecule has 0 aliphatic carbocycles. The number of alkyl halides is 4. The highest BCUT2D eigenvalue weighted by atomic mass is 35.5. The molecule has 0 spiro atoms. The number of benzene rings is 1. The maximum Gasteiger partial charge on any atom is 0.419 e. The van der Waals surface area contributed by atoms with Gasteiger partial charge in [0.05, 0.1) is 5.56 Å². The molecule has 0 atom stereocenters. The second-order valence-electron chi connectivity index (χ2n) is 2.76. The molecule has 0 nitrogen and oxygen atoms in total. The van der Waals surface area contributed by atoms with E-state index in [2.05, 4.69) is 0 Å². The van der Waals surface area contributed by atoms with Gasteiger partial charge in [0.15, 0.2) is 0 Å². The first kappa shape index (κ1) is 12.0. The molecule has 0 saturated heterocycles. The minimum absolute atomic E-state index is 0.0772. The van der Waals surface area contributed by atoms with Crippen LogP contribution < -0.4 is 0 Å². The number of rotatable bonds is 2. The van der Waals surface area contributed by atoms with Crippen LogP contribution in [0.2, 0.25) is 0 Å². The highest BCUT2D eigenvalue weighted by Crippen LogP contribution is 2.34. The molecule has 1 rings (SSSR count). The van der Waals surface area contributed by atoms with Crippen LogP contribution in [0, 0.1) is 5.82 Å². The largest absolute Gasteiger partial charge is 0.419 e. The van der Waals surface area contributed by atoms with Gasteiger partial charge < -0.3 is 0 Å². The average molecular weight is 239 g/mol. The maximum absolute atomic E-state index is 13.0. The van der Waals surface area contributed by atoms with Crippen molar-refractivity contribution in [3.8, 4) is 0 Å². The third-order valence-corrected chi connectivity index (χ3v) is 1.89. The summed E-state index contributed by atoms with van der Waals surface area (Å²) < 4.78 is 50.3. The third kappa shape index (κ3) is 2.96. The highest BCUT2D eigenvalue weighted by molar-refractivity contribution is 6.19. The zero-order valence-electron chi connectivity index (χ0n) is 7.48. The van der Waals surface area contributed by atoms with Gasteiger partial charge in [-0.05, 0) is 11.6 Å². The van der Waals surface area contributed by atoms with Gasteiger partial charge >= 0.3 is 6.18 Å². The van der Waals surface area contributed by atoms with Crippen molar-refractivity contribution < 1.29 is 17.6 Å². The Morgan fingerprint density at radius 3 is 2.47 bits per heavy atom. The van der Waals surface area contributed by atoms with Crippen LogP contribution in [0.15, 0.2) is 24.3 Å². The molecule has 0 N–H and O–H groups in total. The van der Waals surface area contributed by atoms with E-state index in [0.717, 1.165) is 12.1 Å². The van der Waals surface area contributed by atoms with Crippen molar-refractivity contribution >= 4 is 17.7 Å². The molecule has 0 unspecified atom stereocenters. The quantitative estimate of drug-likeness (QED) is 0.538. The van der Waals surface area contributed by atoms with Gasteiger partial charge in [0.2, 0.25) is 0 Å². The normalized spacial score (nSPS) is 12.3. The van der Waals surface area contributed by atoms with Crippen molar-refractivity contribution in [2.24, 2.45) is 0 Å². The van der Waals surface area contributed by atoms with Gasteiger partial charge in [-0.25, -0.2) is 4.39 Å². The summed E-state index contributed by atoms with van der Waals surface area (Å²) in [5.41, 5.74) is -1.48. The van der Waals surface area contributed by atoms with E-state index in [1.54, 1.807) is 0 Å². The summed E-state index contributed by atoms with van der Waals surface area (Å²) >= 11 is 5.30. The highest BCUT2D eigenvalue weighted by Gasteiger charge is 2.35. The molecule has 0 aromatic heterocycles. The first-order valence-corrected chi connectivity index (χ1v) is 4.58. The lowest BCUT2D eigenvalue weighted by Crippen LogP contribution is -2.10. The van der Waals surface area contributed by atoms with E-state index in [0.29, 0.717) is 0 Å². The molecule has 0 radical (unpaired) electrons. The molecule has 0 amide bonds. The van der Waals surface area contributed by atoms with Gasteiger partial charge in [0.1, 0.15) is 5.82 Å². The lowest BCUT2D eigenvalue weighted by Gasteiger charge is -2.10. The Hall–Kier alpha value is -1.03. The molecule has 0 heterocycles. The van der Waals surface area contributed by atoms with Gasteiger partial charge in [-0.2, -0.15) is 13.2 Å². The smallest absolute Gasteiger partial charge is 0.206 e. The standard InChI is InChI=1S/C10H7ClF4/c11-6-2-4-7-3-1-5-8(12)9(7)10(13,14)15/h1-5H,6H2. The SMILES string of the molecule is Fc1cccc(C=CCCl)c1C(F)(F)F. The summed E-state index contributed by atoms with van der Waals surface area (Å²) in [4.78, 5) is 0. The summed E-state index contributed by atoms with van der Waals surface area (Å²) in [6, 6.07) is 3.19. The van der Waals surface area contributed by atoms with Crippen LogP contribution in [0.1, 0.15) is 11.1 Å². The van der Waals surface area contributed by atoms with Gasteiger partial charge in [-0.1, -0.05) is 24.3 Å². The van der Waals surface area contributed by atoms with Crippen LogP contribution in [-0.2, 0) is 6.18 Å². The molecule has 0 bridgehead atoms. The number of allylic oxidation sites excluding steroid dienone is 1. The monoisotopic (exact) mass is 238 g/mol. The zero-order chi connectivity index (χ0) is 11.5. The fraction of sp³-hybridized carbons (Fsp3) is 0.200. The maximum atomic E-state index is 13.0. The fourth-order valence-electron chi connectivity index (χ4n) is 1.15. The van der Waals surface area contributed by atoms with Crippen LogP contribution >= 0.6 is 11.6 Å². The minimum atomic E-state index is -4.70. The molecular formula is C10H7ClF4. The predicted molar refractivity (Wildman–Crippen MR) is 51.2 cm³/mol. The zero-order valence-corrected chi connectivity index (χ0v) is 8.24. The second kappa shape index (κ2) is 4.66. The summed E-state index contributed by atoms with van der Waals surface area (Å²) in [7, 11) is 0. The van der Waals surface area contributed by atoms with Crippen molar-refractivity contribution in [2.45, 2.75) is 6.18 Å². The first-order valence-electron chi connectivity index (χ1n) is 4.05. The van der Waals surface area contributed by atoms with Crippen molar-refractivity contribution in [2.75, 3.05) is 5.88 Å². The number of halogens is 5. The van der Waals surface area contributed by atoms with E-state index >= 15 is 0 Å². The van der Waals surface area contributed by atoms with Gasteiger partial charge in [0, 0.05) is 5.88 Å². The molecule has 15 heavy (non-hydrogen) atoms. The van der Waals surface area contributed by atoms with Crippen molar-refractivity contribution in [1.82, 2.24) is 0 Å². The molecule has 1 aromatic rings. The number of hydrogen-bond acceptors (Lipinski definition) is 0. The Morgan fingerprint density at radius 1 is 1.27 bits per heavy atom. The Labute approximate surface area is 89.2 Å². The molecular weight excluding hydrogens is 232 g/mol. The van der Waals surface area contributed by atoms with E-state index < -0.39 is 17.6 Å². The van der Waals surface area contributed by atoms with Crippen molar-refractivity contribution in [3.63, 3.8) is 0 Å². The Balaban J connectivity index is 3.27. The van der Waals surface area contributed by atoms with Crippen LogP contribution in [0.5, 0.6) is 0 Å².